The number of carbonyl (C=O) groups excluding carboxylic acids is 2. The molecule has 0 bridgehead atoms. The van der Waals surface area contributed by atoms with Crippen LogP contribution in [-0.2, 0) is 23.4 Å². The van der Waals surface area contributed by atoms with Crippen LogP contribution in [0.3, 0.4) is 0 Å². The molecular weight excluding hydrogens is 356 g/mol. The third-order valence-electron chi connectivity index (χ3n) is 4.28. The van der Waals surface area contributed by atoms with Crippen LogP contribution in [0.25, 0.3) is 0 Å². The minimum Gasteiger partial charge on any atom is -0.392 e. The van der Waals surface area contributed by atoms with Crippen molar-refractivity contribution >= 4 is 28.2 Å². The Bertz CT molecular complexity index is 881. The fourth-order valence-corrected chi connectivity index (χ4v) is 4.72. The fourth-order valence-electron chi connectivity index (χ4n) is 3.46. The Kier molecular flexibility index (Phi) is 4.41. The summed E-state index contributed by atoms with van der Waals surface area (Å²) in [4.78, 5) is 25.6. The number of aliphatic hydroxyl groups excluding tert-OH is 1. The molecule has 1 aliphatic heterocycles. The van der Waals surface area contributed by atoms with Crippen molar-refractivity contribution in [2.24, 2.45) is 5.73 Å². The normalized spacial score (nSPS) is 17.6. The first kappa shape index (κ1) is 18.6. The van der Waals surface area contributed by atoms with Crippen LogP contribution >= 0.6 is 11.3 Å². The molecule has 3 rings (SSSR count). The van der Waals surface area contributed by atoms with E-state index < -0.39 is 23.0 Å². The van der Waals surface area contributed by atoms with Crippen LogP contribution in [-0.4, -0.2) is 32.7 Å². The average molecular weight is 378 g/mol. The van der Waals surface area contributed by atoms with Crippen molar-refractivity contribution in [1.82, 2.24) is 10.2 Å². The zero-order valence-electron chi connectivity index (χ0n) is 15.1. The number of fused-ring (bicyclic) bond motifs is 1. The van der Waals surface area contributed by atoms with E-state index in [4.69, 9.17) is 10.5 Å². The summed E-state index contributed by atoms with van der Waals surface area (Å²) in [6.45, 7) is 7.45. The fraction of sp³-hybridized carbons (Fsp3) is 0.471. The van der Waals surface area contributed by atoms with E-state index in [1.54, 1.807) is 0 Å². The zero-order chi connectivity index (χ0) is 19.3. The second kappa shape index (κ2) is 6.19. The summed E-state index contributed by atoms with van der Waals surface area (Å²) in [6.07, 6.45) is 1.89. The molecule has 2 amide bonds. The van der Waals surface area contributed by atoms with Crippen molar-refractivity contribution in [1.29, 1.82) is 0 Å². The molecule has 140 valence electrons. The number of amides is 2. The average Bonchev–Trinajstić information content (AvgIpc) is 3.09. The lowest BCUT2D eigenvalue weighted by Crippen LogP contribution is -2.42. The van der Waals surface area contributed by atoms with Crippen molar-refractivity contribution in [3.8, 4) is 0 Å². The standard InChI is InChI=1S/C17H22N4O4S/c1-16(2)5-9-10(13(18)23)15(26-12(9)17(3,4)25-16)20-14(24)11-8(7-22)6-19-21-11/h6,22H,5,7H2,1-4H3,(H2,18,23)(H,19,21)(H,20,24). The molecule has 2 aromatic heterocycles. The summed E-state index contributed by atoms with van der Waals surface area (Å²) >= 11 is 1.28. The van der Waals surface area contributed by atoms with Gasteiger partial charge in [-0.3, -0.25) is 14.7 Å². The SMILES string of the molecule is CC1(C)Cc2c(sc(NC(=O)c3[nH]ncc3CO)c2C(N)=O)C(C)(C)O1. The lowest BCUT2D eigenvalue weighted by atomic mass is 9.86. The van der Waals surface area contributed by atoms with E-state index in [9.17, 15) is 14.7 Å². The van der Waals surface area contributed by atoms with Crippen molar-refractivity contribution in [3.63, 3.8) is 0 Å². The van der Waals surface area contributed by atoms with E-state index in [2.05, 4.69) is 15.5 Å². The number of hydrogen-bond acceptors (Lipinski definition) is 6. The van der Waals surface area contributed by atoms with Gasteiger partial charge in [0.15, 0.2) is 0 Å². The van der Waals surface area contributed by atoms with Gasteiger partial charge in [-0.15, -0.1) is 11.3 Å². The molecule has 0 unspecified atom stereocenters. The maximum Gasteiger partial charge on any atom is 0.274 e. The molecule has 2 aromatic rings. The number of anilines is 1. The second-order valence-corrected chi connectivity index (χ2v) is 8.43. The number of nitrogens with zero attached hydrogens (tertiary/aromatic N) is 1. The van der Waals surface area contributed by atoms with Crippen LogP contribution in [0.15, 0.2) is 6.20 Å². The van der Waals surface area contributed by atoms with Crippen LogP contribution in [0.2, 0.25) is 0 Å². The first-order valence-electron chi connectivity index (χ1n) is 8.16. The largest absolute Gasteiger partial charge is 0.392 e. The van der Waals surface area contributed by atoms with E-state index in [-0.39, 0.29) is 12.3 Å². The Balaban J connectivity index is 2.05. The minimum absolute atomic E-state index is 0.144. The molecule has 0 aliphatic carbocycles. The highest BCUT2D eigenvalue weighted by Crippen LogP contribution is 2.48. The van der Waals surface area contributed by atoms with Crippen LogP contribution in [0.1, 0.15) is 64.5 Å². The number of hydrogen-bond donors (Lipinski definition) is 4. The van der Waals surface area contributed by atoms with Gasteiger partial charge in [-0.2, -0.15) is 5.10 Å². The van der Waals surface area contributed by atoms with Crippen LogP contribution in [0.4, 0.5) is 5.00 Å². The minimum atomic E-state index is -0.612. The second-order valence-electron chi connectivity index (χ2n) is 7.41. The van der Waals surface area contributed by atoms with Crippen LogP contribution in [0, 0.1) is 0 Å². The first-order valence-corrected chi connectivity index (χ1v) is 8.98. The Morgan fingerprint density at radius 1 is 1.42 bits per heavy atom. The topological polar surface area (TPSA) is 130 Å². The smallest absolute Gasteiger partial charge is 0.274 e. The molecule has 0 saturated heterocycles. The molecule has 26 heavy (non-hydrogen) atoms. The summed E-state index contributed by atoms with van der Waals surface area (Å²) in [7, 11) is 0. The molecule has 0 atom stereocenters. The molecule has 1 aliphatic rings. The summed E-state index contributed by atoms with van der Waals surface area (Å²) in [5.41, 5.74) is 6.19. The highest BCUT2D eigenvalue weighted by molar-refractivity contribution is 7.17. The first-order chi connectivity index (χ1) is 12.1. The summed E-state index contributed by atoms with van der Waals surface area (Å²) in [5.74, 6) is -1.09. The van der Waals surface area contributed by atoms with Gasteiger partial charge in [0.25, 0.3) is 11.8 Å². The van der Waals surface area contributed by atoms with E-state index in [0.29, 0.717) is 22.5 Å². The number of aromatic nitrogens is 2. The lowest BCUT2D eigenvalue weighted by molar-refractivity contribution is -0.135. The molecule has 9 heteroatoms. The van der Waals surface area contributed by atoms with Gasteiger partial charge in [0, 0.05) is 16.9 Å². The van der Waals surface area contributed by atoms with Gasteiger partial charge in [0.2, 0.25) is 0 Å². The van der Waals surface area contributed by atoms with E-state index >= 15 is 0 Å². The maximum atomic E-state index is 12.6. The molecular formula is C17H22N4O4S. The number of H-pyrrole nitrogens is 1. The van der Waals surface area contributed by atoms with Gasteiger partial charge in [-0.05, 0) is 33.3 Å². The molecule has 0 radical (unpaired) electrons. The monoisotopic (exact) mass is 378 g/mol. The van der Waals surface area contributed by atoms with Gasteiger partial charge in [0.05, 0.1) is 29.6 Å². The number of rotatable bonds is 4. The molecule has 3 heterocycles. The Labute approximate surface area is 154 Å². The quantitative estimate of drug-likeness (QED) is 0.645. The number of nitrogens with two attached hydrogens (primary N) is 1. The predicted octanol–water partition coefficient (Wildman–Crippen LogP) is 1.90. The molecule has 8 nitrogen and oxygen atoms in total. The molecule has 0 saturated carbocycles. The van der Waals surface area contributed by atoms with Gasteiger partial charge >= 0.3 is 0 Å². The lowest BCUT2D eigenvalue weighted by Gasteiger charge is -2.41. The number of aliphatic hydroxyl groups is 1. The number of carbonyl (C=O) groups is 2. The molecule has 5 N–H and O–H groups in total. The number of thiophene rings is 1. The third-order valence-corrected chi connectivity index (χ3v) is 5.73. The maximum absolute atomic E-state index is 12.6. The van der Waals surface area contributed by atoms with E-state index in [1.807, 2.05) is 27.7 Å². The van der Waals surface area contributed by atoms with Crippen molar-refractivity contribution < 1.29 is 19.4 Å². The molecule has 0 aromatic carbocycles. The van der Waals surface area contributed by atoms with Crippen molar-refractivity contribution in [2.75, 3.05) is 5.32 Å². The summed E-state index contributed by atoms with van der Waals surface area (Å²) in [6, 6.07) is 0. The highest BCUT2D eigenvalue weighted by Gasteiger charge is 2.43. The Hall–Kier alpha value is -2.23. The molecule has 0 spiro atoms. The summed E-state index contributed by atoms with van der Waals surface area (Å²) < 4.78 is 6.15. The van der Waals surface area contributed by atoms with Crippen molar-refractivity contribution in [2.45, 2.75) is 51.9 Å². The van der Waals surface area contributed by atoms with Crippen LogP contribution < -0.4 is 11.1 Å². The Morgan fingerprint density at radius 2 is 2.12 bits per heavy atom. The Morgan fingerprint density at radius 3 is 2.73 bits per heavy atom. The van der Waals surface area contributed by atoms with Gasteiger partial charge in [0.1, 0.15) is 10.7 Å². The zero-order valence-corrected chi connectivity index (χ0v) is 15.9. The third kappa shape index (κ3) is 3.13. The number of ether oxygens (including phenoxy) is 1. The van der Waals surface area contributed by atoms with Gasteiger partial charge in [-0.25, -0.2) is 0 Å². The molecule has 0 fully saturated rings. The predicted molar refractivity (Wildman–Crippen MR) is 97.2 cm³/mol. The number of primary amides is 1. The van der Waals surface area contributed by atoms with E-state index in [1.165, 1.54) is 17.5 Å². The van der Waals surface area contributed by atoms with Crippen molar-refractivity contribution in [3.05, 3.63) is 33.5 Å². The highest BCUT2D eigenvalue weighted by atomic mass is 32.1. The van der Waals surface area contributed by atoms with E-state index in [0.717, 1.165) is 10.4 Å². The van der Waals surface area contributed by atoms with Gasteiger partial charge < -0.3 is 20.9 Å². The van der Waals surface area contributed by atoms with Crippen LogP contribution in [0.5, 0.6) is 0 Å². The van der Waals surface area contributed by atoms with Gasteiger partial charge in [-0.1, -0.05) is 0 Å². The number of nitrogens with one attached hydrogen (secondary N) is 2. The summed E-state index contributed by atoms with van der Waals surface area (Å²) in [5, 5.41) is 18.7. The number of aromatic amines is 1.